The molecule has 136 valence electrons. The quantitative estimate of drug-likeness (QED) is 0.531. The Kier molecular flexibility index (Phi) is 5.79. The Morgan fingerprint density at radius 2 is 1.81 bits per heavy atom. The van der Waals surface area contributed by atoms with Crippen LogP contribution in [0.3, 0.4) is 0 Å². The number of thioether (sulfide) groups is 1. The summed E-state index contributed by atoms with van der Waals surface area (Å²) >= 11 is 4.67. The standard InChI is InChI=1S/C17H17BrN4O2S2/c1-12-11-13(2)22(21-12)16-7-8-17(20-19-16)25-9-10-26(23,24)15-5-3-14(18)4-6-15/h3-8,11H,9-10H2,1-2H3. The lowest BCUT2D eigenvalue weighted by Gasteiger charge is -2.05. The van der Waals surface area contributed by atoms with Gasteiger partial charge < -0.3 is 0 Å². The van der Waals surface area contributed by atoms with E-state index in [1.54, 1.807) is 28.9 Å². The number of sulfone groups is 1. The van der Waals surface area contributed by atoms with Crippen molar-refractivity contribution in [2.45, 2.75) is 23.8 Å². The first kappa shape index (κ1) is 19.1. The van der Waals surface area contributed by atoms with Gasteiger partial charge >= 0.3 is 0 Å². The first-order chi connectivity index (χ1) is 12.3. The molecule has 6 nitrogen and oxygen atoms in total. The van der Waals surface area contributed by atoms with Gasteiger partial charge in [-0.15, -0.1) is 22.0 Å². The maximum Gasteiger partial charge on any atom is 0.179 e. The van der Waals surface area contributed by atoms with Crippen molar-refractivity contribution in [3.05, 3.63) is 58.3 Å². The van der Waals surface area contributed by atoms with E-state index < -0.39 is 9.84 Å². The molecule has 0 bridgehead atoms. The van der Waals surface area contributed by atoms with Crippen molar-refractivity contribution in [2.75, 3.05) is 11.5 Å². The summed E-state index contributed by atoms with van der Waals surface area (Å²) in [6, 6.07) is 12.3. The van der Waals surface area contributed by atoms with Gasteiger partial charge in [0.1, 0.15) is 5.03 Å². The van der Waals surface area contributed by atoms with Crippen molar-refractivity contribution >= 4 is 37.5 Å². The summed E-state index contributed by atoms with van der Waals surface area (Å²) in [6.45, 7) is 3.88. The van der Waals surface area contributed by atoms with E-state index in [2.05, 4.69) is 31.2 Å². The predicted molar refractivity (Wildman–Crippen MR) is 106 cm³/mol. The molecule has 0 saturated heterocycles. The maximum atomic E-state index is 12.3. The van der Waals surface area contributed by atoms with Crippen LogP contribution in [0.15, 0.2) is 56.9 Å². The molecule has 0 fully saturated rings. The molecule has 0 spiro atoms. The normalized spacial score (nSPS) is 11.7. The molecule has 3 rings (SSSR count). The Labute approximate surface area is 165 Å². The molecule has 0 atom stereocenters. The van der Waals surface area contributed by atoms with Gasteiger partial charge in [0.25, 0.3) is 0 Å². The minimum absolute atomic E-state index is 0.0419. The van der Waals surface area contributed by atoms with Crippen LogP contribution in [-0.2, 0) is 9.84 Å². The summed E-state index contributed by atoms with van der Waals surface area (Å²) in [5.74, 6) is 1.09. The second-order valence-electron chi connectivity index (χ2n) is 5.69. The molecule has 1 aromatic carbocycles. The summed E-state index contributed by atoms with van der Waals surface area (Å²) < 4.78 is 27.3. The minimum Gasteiger partial charge on any atom is -0.224 e. The molecular formula is C17H17BrN4O2S2. The number of nitrogens with zero attached hydrogens (tertiary/aromatic N) is 4. The lowest BCUT2D eigenvalue weighted by molar-refractivity contribution is 0.597. The monoisotopic (exact) mass is 452 g/mol. The number of rotatable bonds is 6. The number of hydrogen-bond acceptors (Lipinski definition) is 6. The predicted octanol–water partition coefficient (Wildman–Crippen LogP) is 3.61. The van der Waals surface area contributed by atoms with Crippen molar-refractivity contribution in [2.24, 2.45) is 0 Å². The van der Waals surface area contributed by atoms with Gasteiger partial charge in [-0.1, -0.05) is 15.9 Å². The molecule has 0 aliphatic rings. The second kappa shape index (κ2) is 7.89. The lowest BCUT2D eigenvalue weighted by Crippen LogP contribution is -2.09. The largest absolute Gasteiger partial charge is 0.224 e. The summed E-state index contributed by atoms with van der Waals surface area (Å²) in [6.07, 6.45) is 0. The van der Waals surface area contributed by atoms with Crippen molar-refractivity contribution in [1.82, 2.24) is 20.0 Å². The van der Waals surface area contributed by atoms with Gasteiger partial charge in [0.15, 0.2) is 15.7 Å². The van der Waals surface area contributed by atoms with Crippen molar-refractivity contribution in [3.8, 4) is 5.82 Å². The number of aryl methyl sites for hydroxylation is 2. The smallest absolute Gasteiger partial charge is 0.179 e. The highest BCUT2D eigenvalue weighted by molar-refractivity contribution is 9.10. The zero-order valence-electron chi connectivity index (χ0n) is 14.3. The van der Waals surface area contributed by atoms with E-state index in [4.69, 9.17) is 0 Å². The molecule has 2 aromatic heterocycles. The van der Waals surface area contributed by atoms with Gasteiger partial charge in [-0.3, -0.25) is 0 Å². The third kappa shape index (κ3) is 4.52. The first-order valence-electron chi connectivity index (χ1n) is 7.84. The molecule has 0 aliphatic heterocycles. The van der Waals surface area contributed by atoms with Crippen molar-refractivity contribution in [1.29, 1.82) is 0 Å². The Morgan fingerprint density at radius 1 is 1.08 bits per heavy atom. The number of hydrogen-bond donors (Lipinski definition) is 0. The molecule has 0 unspecified atom stereocenters. The molecule has 0 N–H and O–H groups in total. The van der Waals surface area contributed by atoms with Gasteiger partial charge in [-0.25, -0.2) is 13.1 Å². The Bertz CT molecular complexity index is 1000. The van der Waals surface area contributed by atoms with Crippen LogP contribution in [0.2, 0.25) is 0 Å². The molecule has 0 aliphatic carbocycles. The van der Waals surface area contributed by atoms with Gasteiger partial charge in [0.2, 0.25) is 0 Å². The third-order valence-corrected chi connectivity index (χ3v) is 7.07. The van der Waals surface area contributed by atoms with E-state index in [9.17, 15) is 8.42 Å². The average molecular weight is 453 g/mol. The summed E-state index contributed by atoms with van der Waals surface area (Å²) in [7, 11) is -3.31. The van der Waals surface area contributed by atoms with E-state index in [0.29, 0.717) is 21.5 Å². The SMILES string of the molecule is Cc1cc(C)n(-c2ccc(SCCS(=O)(=O)c3ccc(Br)cc3)nn2)n1. The molecule has 3 aromatic rings. The average Bonchev–Trinajstić information content (AvgIpc) is 2.94. The molecule has 2 heterocycles. The van der Waals surface area contributed by atoms with Crippen molar-refractivity contribution in [3.63, 3.8) is 0 Å². The zero-order chi connectivity index (χ0) is 18.7. The fourth-order valence-corrected chi connectivity index (χ4v) is 5.11. The Balaban J connectivity index is 1.61. The van der Waals surface area contributed by atoms with E-state index in [-0.39, 0.29) is 5.75 Å². The summed E-state index contributed by atoms with van der Waals surface area (Å²) in [5.41, 5.74) is 1.90. The highest BCUT2D eigenvalue weighted by Gasteiger charge is 2.14. The lowest BCUT2D eigenvalue weighted by atomic mass is 10.4. The maximum absolute atomic E-state index is 12.3. The van der Waals surface area contributed by atoms with Crippen LogP contribution in [0, 0.1) is 13.8 Å². The van der Waals surface area contributed by atoms with E-state index in [0.717, 1.165) is 15.9 Å². The van der Waals surface area contributed by atoms with Crippen LogP contribution in [0.5, 0.6) is 0 Å². The molecule has 9 heteroatoms. The fraction of sp³-hybridized carbons (Fsp3) is 0.235. The topological polar surface area (TPSA) is 77.7 Å². The molecule has 0 radical (unpaired) electrons. The molecule has 0 amide bonds. The fourth-order valence-electron chi connectivity index (χ4n) is 2.38. The number of aromatic nitrogens is 4. The van der Waals surface area contributed by atoms with Crippen LogP contribution in [-0.4, -0.2) is 39.9 Å². The van der Waals surface area contributed by atoms with Gasteiger partial charge in [-0.05, 0) is 56.3 Å². The number of halogens is 1. The van der Waals surface area contributed by atoms with Crippen LogP contribution < -0.4 is 0 Å². The van der Waals surface area contributed by atoms with E-state index >= 15 is 0 Å². The van der Waals surface area contributed by atoms with Crippen LogP contribution in [0.1, 0.15) is 11.4 Å². The van der Waals surface area contributed by atoms with Crippen LogP contribution in [0.25, 0.3) is 5.82 Å². The molecule has 26 heavy (non-hydrogen) atoms. The Morgan fingerprint density at radius 3 is 2.38 bits per heavy atom. The van der Waals surface area contributed by atoms with Gasteiger partial charge in [0, 0.05) is 15.9 Å². The minimum atomic E-state index is -3.31. The zero-order valence-corrected chi connectivity index (χ0v) is 17.5. The summed E-state index contributed by atoms with van der Waals surface area (Å²) in [4.78, 5) is 0.326. The highest BCUT2D eigenvalue weighted by Crippen LogP contribution is 2.20. The first-order valence-corrected chi connectivity index (χ1v) is 11.3. The summed E-state index contributed by atoms with van der Waals surface area (Å²) in [5, 5.41) is 13.4. The highest BCUT2D eigenvalue weighted by atomic mass is 79.9. The third-order valence-electron chi connectivity index (χ3n) is 3.63. The second-order valence-corrected chi connectivity index (χ2v) is 9.83. The van der Waals surface area contributed by atoms with E-state index in [1.807, 2.05) is 32.0 Å². The van der Waals surface area contributed by atoms with E-state index in [1.165, 1.54) is 11.8 Å². The van der Waals surface area contributed by atoms with Gasteiger partial charge in [-0.2, -0.15) is 5.10 Å². The number of benzene rings is 1. The van der Waals surface area contributed by atoms with Crippen LogP contribution >= 0.6 is 27.7 Å². The molecular weight excluding hydrogens is 436 g/mol. The Hall–Kier alpha value is -1.71. The van der Waals surface area contributed by atoms with Crippen molar-refractivity contribution < 1.29 is 8.42 Å². The van der Waals surface area contributed by atoms with Gasteiger partial charge in [0.05, 0.1) is 16.3 Å². The van der Waals surface area contributed by atoms with Crippen LogP contribution in [0.4, 0.5) is 0 Å². The molecule has 0 saturated carbocycles.